The van der Waals surface area contributed by atoms with E-state index in [1.165, 1.54) is 12.1 Å². The second kappa shape index (κ2) is 17.7. The maximum absolute atomic E-state index is 14.1. The summed E-state index contributed by atoms with van der Waals surface area (Å²) in [7, 11) is 6.50. The molecule has 0 unspecified atom stereocenters. The Labute approximate surface area is 320 Å². The molecule has 0 fully saturated rings. The Balaban J connectivity index is 0.000000193. The average Bonchev–Trinajstić information content (AvgIpc) is 3.22. The fourth-order valence-electron chi connectivity index (χ4n) is 5.37. The fourth-order valence-corrected chi connectivity index (χ4v) is 6.29. The molecule has 272 valence electrons. The van der Waals surface area contributed by atoms with Gasteiger partial charge in [-0.3, -0.25) is 0 Å². The minimum atomic E-state index is -0.642. The summed E-state index contributed by atoms with van der Waals surface area (Å²) in [5, 5.41) is 17.8. The zero-order chi connectivity index (χ0) is 38.0. The molecule has 0 amide bonds. The highest BCUT2D eigenvalue weighted by Gasteiger charge is 2.15. The van der Waals surface area contributed by atoms with Crippen LogP contribution in [0.3, 0.4) is 0 Å². The lowest BCUT2D eigenvalue weighted by atomic mass is 10.00. The predicted octanol–water partition coefficient (Wildman–Crippen LogP) is 10.7. The van der Waals surface area contributed by atoms with Gasteiger partial charge in [-0.1, -0.05) is 47.6 Å². The number of nitrogens with zero attached hydrogens (tertiary/aromatic N) is 4. The van der Waals surface area contributed by atoms with Crippen molar-refractivity contribution in [2.45, 2.75) is 9.92 Å². The molecular formula is C42H33ClF2N4O4S. The van der Waals surface area contributed by atoms with E-state index in [1.807, 2.05) is 109 Å². The molecule has 7 rings (SSSR count). The molecule has 0 atom stereocenters. The van der Waals surface area contributed by atoms with E-state index in [0.29, 0.717) is 15.9 Å². The van der Waals surface area contributed by atoms with Crippen LogP contribution in [0.2, 0.25) is 5.15 Å². The quantitative estimate of drug-likeness (QED) is 0.135. The normalized spacial score (nSPS) is 10.6. The topological polar surface area (TPSA) is 88.5 Å². The maximum atomic E-state index is 14.1. The first kappa shape index (κ1) is 37.7. The summed E-state index contributed by atoms with van der Waals surface area (Å²) in [6, 6.07) is 37.6. The average molecular weight is 763 g/mol. The van der Waals surface area contributed by atoms with Crippen molar-refractivity contribution in [1.29, 1.82) is 0 Å². The second-order valence-electron chi connectivity index (χ2n) is 11.5. The molecule has 0 bridgehead atoms. The first-order chi connectivity index (χ1) is 26.3. The van der Waals surface area contributed by atoms with Crippen molar-refractivity contribution < 1.29 is 27.7 Å². The molecular weight excluding hydrogens is 730 g/mol. The lowest BCUT2D eigenvalue weighted by Crippen LogP contribution is -1.96. The first-order valence-corrected chi connectivity index (χ1v) is 17.6. The number of hydrogen-bond acceptors (Lipinski definition) is 9. The summed E-state index contributed by atoms with van der Waals surface area (Å²) in [5.41, 5.74) is 6.89. The number of rotatable bonds is 10. The Morgan fingerprint density at radius 3 is 1.30 bits per heavy atom. The number of ether oxygens (including phenoxy) is 4. The smallest absolute Gasteiger partial charge is 0.152 e. The van der Waals surface area contributed by atoms with E-state index in [1.54, 1.807) is 28.4 Å². The monoisotopic (exact) mass is 762 g/mol. The highest BCUT2D eigenvalue weighted by atomic mass is 35.5. The molecule has 12 heteroatoms. The van der Waals surface area contributed by atoms with Crippen LogP contribution in [-0.4, -0.2) is 48.8 Å². The standard InChI is InChI=1S/C24H18F2N2O2S.C18H15ClN2O2/c1-29-18-8-3-15(4-9-18)20-14-23(31-22-12-7-17(25)13-21(22)26)27-28-24(20)16-5-10-19(30-2)11-6-16;1-22-14-7-3-12(4-8-14)16-11-17(19)20-21-18(16)13-5-9-15(23-2)10-6-13/h3-14H,1-2H3;3-11H,1-2H3. The Morgan fingerprint density at radius 1 is 0.463 bits per heavy atom. The summed E-state index contributed by atoms with van der Waals surface area (Å²) in [5.74, 6) is 1.80. The largest absolute Gasteiger partial charge is 0.497 e. The van der Waals surface area contributed by atoms with Gasteiger partial charge in [0.25, 0.3) is 0 Å². The van der Waals surface area contributed by atoms with Gasteiger partial charge in [0.15, 0.2) is 5.15 Å². The molecule has 0 N–H and O–H groups in total. The SMILES string of the molecule is COc1ccc(-c2cc(Cl)nnc2-c2ccc(OC)cc2)cc1.COc1ccc(-c2cc(Sc3ccc(F)cc3F)nnc2-c2ccc(OC)cc2)cc1. The molecule has 2 aromatic heterocycles. The van der Waals surface area contributed by atoms with Crippen molar-refractivity contribution >= 4 is 23.4 Å². The minimum Gasteiger partial charge on any atom is -0.497 e. The lowest BCUT2D eigenvalue weighted by Gasteiger charge is -2.12. The van der Waals surface area contributed by atoms with Crippen molar-refractivity contribution in [3.05, 3.63) is 144 Å². The van der Waals surface area contributed by atoms with E-state index in [-0.39, 0.29) is 4.90 Å². The number of methoxy groups -OCH3 is 4. The van der Waals surface area contributed by atoms with E-state index >= 15 is 0 Å². The van der Waals surface area contributed by atoms with E-state index in [4.69, 9.17) is 30.5 Å². The highest BCUT2D eigenvalue weighted by molar-refractivity contribution is 7.99. The molecule has 7 aromatic rings. The molecule has 0 saturated heterocycles. The first-order valence-electron chi connectivity index (χ1n) is 16.4. The molecule has 0 spiro atoms. The number of halogens is 3. The van der Waals surface area contributed by atoms with Crippen molar-refractivity contribution in [3.8, 4) is 67.8 Å². The lowest BCUT2D eigenvalue weighted by molar-refractivity contribution is 0.414. The van der Waals surface area contributed by atoms with Crippen LogP contribution in [0.15, 0.2) is 137 Å². The Bertz CT molecular complexity index is 2330. The number of aromatic nitrogens is 4. The van der Waals surface area contributed by atoms with Crippen molar-refractivity contribution in [2.24, 2.45) is 0 Å². The van der Waals surface area contributed by atoms with Crippen LogP contribution in [-0.2, 0) is 0 Å². The zero-order valence-electron chi connectivity index (χ0n) is 29.6. The van der Waals surface area contributed by atoms with E-state index in [2.05, 4.69) is 20.4 Å². The minimum absolute atomic E-state index is 0.272. The van der Waals surface area contributed by atoms with Gasteiger partial charge in [0.2, 0.25) is 0 Å². The number of hydrogen-bond donors (Lipinski definition) is 0. The molecule has 0 saturated carbocycles. The molecule has 0 aliphatic carbocycles. The highest BCUT2D eigenvalue weighted by Crippen LogP contribution is 2.37. The molecule has 0 radical (unpaired) electrons. The van der Waals surface area contributed by atoms with Crippen LogP contribution < -0.4 is 18.9 Å². The van der Waals surface area contributed by atoms with Gasteiger partial charge in [0.05, 0.1) is 28.4 Å². The van der Waals surface area contributed by atoms with Crippen molar-refractivity contribution in [1.82, 2.24) is 20.4 Å². The van der Waals surface area contributed by atoms with E-state index < -0.39 is 11.6 Å². The number of benzene rings is 5. The maximum Gasteiger partial charge on any atom is 0.152 e. The molecule has 54 heavy (non-hydrogen) atoms. The molecule has 8 nitrogen and oxygen atoms in total. The van der Waals surface area contributed by atoms with Gasteiger partial charge in [0, 0.05) is 33.2 Å². The second-order valence-corrected chi connectivity index (χ2v) is 12.9. The van der Waals surface area contributed by atoms with Gasteiger partial charge in [-0.25, -0.2) is 8.78 Å². The third-order valence-electron chi connectivity index (χ3n) is 8.17. The van der Waals surface area contributed by atoms with Gasteiger partial charge in [-0.15, -0.1) is 20.4 Å². The van der Waals surface area contributed by atoms with E-state index in [0.717, 1.165) is 79.9 Å². The summed E-state index contributed by atoms with van der Waals surface area (Å²) in [6.07, 6.45) is 0. The van der Waals surface area contributed by atoms with E-state index in [9.17, 15) is 8.78 Å². The predicted molar refractivity (Wildman–Crippen MR) is 208 cm³/mol. The van der Waals surface area contributed by atoms with Gasteiger partial charge in [-0.2, -0.15) is 0 Å². The molecule has 2 heterocycles. The summed E-state index contributed by atoms with van der Waals surface area (Å²) >= 11 is 7.13. The Kier molecular flexibility index (Phi) is 12.3. The van der Waals surface area contributed by atoms with Crippen molar-refractivity contribution in [3.63, 3.8) is 0 Å². The van der Waals surface area contributed by atoms with Crippen molar-refractivity contribution in [2.75, 3.05) is 28.4 Å². The summed E-state index contributed by atoms with van der Waals surface area (Å²) < 4.78 is 48.2. The molecule has 0 aliphatic rings. The van der Waals surface area contributed by atoms with Gasteiger partial charge < -0.3 is 18.9 Å². The molecule has 5 aromatic carbocycles. The summed E-state index contributed by atoms with van der Waals surface area (Å²) in [6.45, 7) is 0. The van der Waals surface area contributed by atoms with Crippen LogP contribution >= 0.6 is 23.4 Å². The van der Waals surface area contributed by atoms with Crippen LogP contribution in [0, 0.1) is 11.6 Å². The van der Waals surface area contributed by atoms with Crippen LogP contribution in [0.5, 0.6) is 23.0 Å². The summed E-state index contributed by atoms with van der Waals surface area (Å²) in [4.78, 5) is 0.272. The van der Waals surface area contributed by atoms with Gasteiger partial charge in [-0.05, 0) is 108 Å². The van der Waals surface area contributed by atoms with Crippen LogP contribution in [0.1, 0.15) is 0 Å². The van der Waals surface area contributed by atoms with Gasteiger partial charge in [0.1, 0.15) is 51.0 Å². The fraction of sp³-hybridized carbons (Fsp3) is 0.0952. The third-order valence-corrected chi connectivity index (χ3v) is 9.32. The van der Waals surface area contributed by atoms with Crippen LogP contribution in [0.25, 0.3) is 44.8 Å². The van der Waals surface area contributed by atoms with Gasteiger partial charge >= 0.3 is 0 Å². The van der Waals surface area contributed by atoms with Crippen LogP contribution in [0.4, 0.5) is 8.78 Å². The molecule has 0 aliphatic heterocycles. The zero-order valence-corrected chi connectivity index (χ0v) is 31.2. The third kappa shape index (κ3) is 9.11. The Morgan fingerprint density at radius 2 is 0.870 bits per heavy atom. The Hall–Kier alpha value is -6.04.